The van der Waals surface area contributed by atoms with Gasteiger partial charge in [0, 0.05) is 18.2 Å². The number of nitrogens with one attached hydrogen (secondary N) is 1. The third-order valence-corrected chi connectivity index (χ3v) is 1.89. The first-order valence-corrected chi connectivity index (χ1v) is 4.61. The number of carbonyl (C=O) groups excluding carboxylic acids is 1. The number of benzene rings is 1. The van der Waals surface area contributed by atoms with Gasteiger partial charge in [-0.3, -0.25) is 4.79 Å². The topological polar surface area (TPSA) is 29.1 Å². The van der Waals surface area contributed by atoms with Crippen LogP contribution in [0.5, 0.6) is 0 Å². The number of Topliss-reactive ketones (excluding diaryl/α,β-unsaturated/α-hetero) is 1. The van der Waals surface area contributed by atoms with E-state index in [1.165, 1.54) is 6.92 Å². The lowest BCUT2D eigenvalue weighted by molar-refractivity contribution is 0.0367. The zero-order valence-electron chi connectivity index (χ0n) is 8.68. The number of anilines is 1. The van der Waals surface area contributed by atoms with Crippen LogP contribution in [0.2, 0.25) is 0 Å². The van der Waals surface area contributed by atoms with E-state index < -0.39 is 12.5 Å². The Balaban J connectivity index is 2.61. The van der Waals surface area contributed by atoms with Crippen molar-refractivity contribution in [2.45, 2.75) is 19.8 Å². The third-order valence-electron chi connectivity index (χ3n) is 1.89. The van der Waals surface area contributed by atoms with E-state index >= 15 is 0 Å². The maximum Gasteiger partial charge on any atom is 0.262 e. The molecule has 4 heteroatoms. The Kier molecular flexibility index (Phi) is 3.39. The van der Waals surface area contributed by atoms with Gasteiger partial charge in [0.1, 0.15) is 0 Å². The number of alkyl halides is 2. The van der Waals surface area contributed by atoms with Crippen LogP contribution in [0.1, 0.15) is 24.2 Å². The highest BCUT2D eigenvalue weighted by molar-refractivity contribution is 5.94. The molecule has 0 heterocycles. The summed E-state index contributed by atoms with van der Waals surface area (Å²) < 4.78 is 25.0. The molecule has 0 spiro atoms. The van der Waals surface area contributed by atoms with E-state index in [0.29, 0.717) is 11.3 Å². The molecule has 0 bridgehead atoms. The minimum atomic E-state index is -2.74. The van der Waals surface area contributed by atoms with Crippen LogP contribution in [0, 0.1) is 0 Å². The van der Waals surface area contributed by atoms with Crippen molar-refractivity contribution in [1.29, 1.82) is 0 Å². The van der Waals surface area contributed by atoms with Crippen LogP contribution < -0.4 is 5.32 Å². The van der Waals surface area contributed by atoms with E-state index in [9.17, 15) is 13.6 Å². The number of hydrogen-bond donors (Lipinski definition) is 1. The molecule has 0 atom stereocenters. The van der Waals surface area contributed by atoms with Crippen LogP contribution in [0.25, 0.3) is 0 Å². The Labute approximate surface area is 87.3 Å². The second kappa shape index (κ2) is 4.38. The van der Waals surface area contributed by atoms with E-state index in [2.05, 4.69) is 5.32 Å². The summed E-state index contributed by atoms with van der Waals surface area (Å²) in [5, 5.41) is 2.59. The highest BCUT2D eigenvalue weighted by Gasteiger charge is 2.20. The molecule has 1 aromatic rings. The first-order chi connectivity index (χ1) is 6.88. The molecule has 0 fully saturated rings. The monoisotopic (exact) mass is 213 g/mol. The molecule has 0 amide bonds. The fourth-order valence-corrected chi connectivity index (χ4v) is 1.08. The second-order valence-corrected chi connectivity index (χ2v) is 3.56. The molecule has 0 aromatic heterocycles. The molecule has 0 unspecified atom stereocenters. The van der Waals surface area contributed by atoms with Crippen LogP contribution in [0.15, 0.2) is 24.3 Å². The maximum absolute atomic E-state index is 12.5. The predicted molar refractivity (Wildman–Crippen MR) is 55.6 cm³/mol. The summed E-state index contributed by atoms with van der Waals surface area (Å²) >= 11 is 0. The minimum absolute atomic E-state index is 0.0395. The molecule has 0 saturated carbocycles. The van der Waals surface area contributed by atoms with Crippen LogP contribution in [0.4, 0.5) is 14.5 Å². The molecule has 2 nitrogen and oxygen atoms in total. The van der Waals surface area contributed by atoms with E-state index in [0.717, 1.165) is 6.92 Å². The van der Waals surface area contributed by atoms with Crippen molar-refractivity contribution >= 4 is 11.5 Å². The van der Waals surface area contributed by atoms with Crippen molar-refractivity contribution < 1.29 is 13.6 Å². The third kappa shape index (κ3) is 4.06. The largest absolute Gasteiger partial charge is 0.379 e. The SMILES string of the molecule is CC(=O)c1ccc(NCC(C)(F)F)cc1. The van der Waals surface area contributed by atoms with Crippen LogP contribution >= 0.6 is 0 Å². The Morgan fingerprint density at radius 2 is 1.87 bits per heavy atom. The summed E-state index contributed by atoms with van der Waals surface area (Å²) in [5.74, 6) is -2.78. The fraction of sp³-hybridized carbons (Fsp3) is 0.364. The molecular formula is C11H13F2NO. The van der Waals surface area contributed by atoms with Gasteiger partial charge in [-0.05, 0) is 31.2 Å². The fourth-order valence-electron chi connectivity index (χ4n) is 1.08. The predicted octanol–water partition coefficient (Wildman–Crippen LogP) is 2.96. The Morgan fingerprint density at radius 1 is 1.33 bits per heavy atom. The maximum atomic E-state index is 12.5. The van der Waals surface area contributed by atoms with Crippen molar-refractivity contribution in [3.63, 3.8) is 0 Å². The van der Waals surface area contributed by atoms with E-state index in [1.807, 2.05) is 0 Å². The normalized spacial score (nSPS) is 11.2. The summed E-state index contributed by atoms with van der Waals surface area (Å²) in [6.07, 6.45) is 0. The quantitative estimate of drug-likeness (QED) is 0.779. The van der Waals surface area contributed by atoms with Crippen molar-refractivity contribution in [3.05, 3.63) is 29.8 Å². The average Bonchev–Trinajstić information content (AvgIpc) is 2.14. The number of halogens is 2. The summed E-state index contributed by atoms with van der Waals surface area (Å²) in [4.78, 5) is 10.9. The first kappa shape index (κ1) is 11.6. The number of carbonyl (C=O) groups is 1. The van der Waals surface area contributed by atoms with Crippen LogP contribution in [0.3, 0.4) is 0 Å². The Morgan fingerprint density at radius 3 is 2.27 bits per heavy atom. The molecule has 0 saturated heterocycles. The van der Waals surface area contributed by atoms with Gasteiger partial charge in [-0.15, -0.1) is 0 Å². The van der Waals surface area contributed by atoms with Crippen molar-refractivity contribution in [2.24, 2.45) is 0 Å². The highest BCUT2D eigenvalue weighted by Crippen LogP contribution is 2.15. The summed E-state index contributed by atoms with van der Waals surface area (Å²) in [5.41, 5.74) is 1.16. The second-order valence-electron chi connectivity index (χ2n) is 3.56. The molecule has 15 heavy (non-hydrogen) atoms. The number of ketones is 1. The summed E-state index contributed by atoms with van der Waals surface area (Å²) in [7, 11) is 0. The van der Waals surface area contributed by atoms with Gasteiger partial charge in [0.15, 0.2) is 5.78 Å². The minimum Gasteiger partial charge on any atom is -0.379 e. The molecule has 1 aromatic carbocycles. The van der Waals surface area contributed by atoms with Crippen LogP contribution in [-0.2, 0) is 0 Å². The van der Waals surface area contributed by atoms with Crippen molar-refractivity contribution in [1.82, 2.24) is 0 Å². The lowest BCUT2D eigenvalue weighted by Gasteiger charge is -2.12. The molecule has 0 radical (unpaired) electrons. The van der Waals surface area contributed by atoms with Gasteiger partial charge >= 0.3 is 0 Å². The number of hydrogen-bond acceptors (Lipinski definition) is 2. The van der Waals surface area contributed by atoms with Gasteiger partial charge in [-0.25, -0.2) is 8.78 Å². The molecule has 0 aliphatic rings. The van der Waals surface area contributed by atoms with Crippen molar-refractivity contribution in [3.8, 4) is 0 Å². The van der Waals surface area contributed by atoms with Crippen molar-refractivity contribution in [2.75, 3.05) is 11.9 Å². The molecule has 0 aliphatic carbocycles. The van der Waals surface area contributed by atoms with Gasteiger partial charge in [0.25, 0.3) is 5.92 Å². The Hall–Kier alpha value is -1.45. The summed E-state index contributed by atoms with van der Waals surface area (Å²) in [6, 6.07) is 6.45. The zero-order valence-corrected chi connectivity index (χ0v) is 8.68. The van der Waals surface area contributed by atoms with E-state index in [-0.39, 0.29) is 5.78 Å². The van der Waals surface area contributed by atoms with E-state index in [4.69, 9.17) is 0 Å². The summed E-state index contributed by atoms with van der Waals surface area (Å²) in [6.45, 7) is 1.90. The molecule has 82 valence electrons. The lowest BCUT2D eigenvalue weighted by Crippen LogP contribution is -2.22. The molecule has 0 aliphatic heterocycles. The average molecular weight is 213 g/mol. The van der Waals surface area contributed by atoms with E-state index in [1.54, 1.807) is 24.3 Å². The van der Waals surface area contributed by atoms with Gasteiger partial charge in [-0.2, -0.15) is 0 Å². The lowest BCUT2D eigenvalue weighted by atomic mass is 10.1. The zero-order chi connectivity index (χ0) is 11.5. The molecular weight excluding hydrogens is 200 g/mol. The first-order valence-electron chi connectivity index (χ1n) is 4.61. The molecule has 1 rings (SSSR count). The smallest absolute Gasteiger partial charge is 0.262 e. The highest BCUT2D eigenvalue weighted by atomic mass is 19.3. The van der Waals surface area contributed by atoms with Gasteiger partial charge in [-0.1, -0.05) is 0 Å². The number of rotatable bonds is 4. The van der Waals surface area contributed by atoms with Gasteiger partial charge in [0.2, 0.25) is 0 Å². The Bertz CT molecular complexity index is 341. The van der Waals surface area contributed by atoms with Gasteiger partial charge in [0.05, 0.1) is 6.54 Å². The molecule has 1 N–H and O–H groups in total. The van der Waals surface area contributed by atoms with Gasteiger partial charge < -0.3 is 5.32 Å². The van der Waals surface area contributed by atoms with Crippen LogP contribution in [-0.4, -0.2) is 18.3 Å². The standard InChI is InChI=1S/C11H13F2NO/c1-8(15)9-3-5-10(6-4-9)14-7-11(2,12)13/h3-6,14H,7H2,1-2H3.